The summed E-state index contributed by atoms with van der Waals surface area (Å²) in [6.07, 6.45) is 3.16. The first-order valence-corrected chi connectivity index (χ1v) is 10.3. The lowest BCUT2D eigenvalue weighted by atomic mass is 9.77. The Labute approximate surface area is 182 Å². The molecule has 1 unspecified atom stereocenters. The first-order chi connectivity index (χ1) is 13.8. The summed E-state index contributed by atoms with van der Waals surface area (Å²) in [7, 11) is 1.60. The van der Waals surface area contributed by atoms with Crippen LogP contribution in [0.25, 0.3) is 0 Å². The van der Waals surface area contributed by atoms with Gasteiger partial charge in [-0.3, -0.25) is 4.79 Å². The van der Waals surface area contributed by atoms with Crippen molar-refractivity contribution in [2.45, 2.75) is 46.1 Å². The van der Waals surface area contributed by atoms with Gasteiger partial charge in [-0.05, 0) is 18.2 Å². The number of amides is 1. The molecule has 10 heteroatoms. The van der Waals surface area contributed by atoms with Crippen molar-refractivity contribution in [3.63, 3.8) is 0 Å². The molecule has 0 spiro atoms. The maximum Gasteiger partial charge on any atom is 0.272 e. The van der Waals surface area contributed by atoms with Crippen molar-refractivity contribution in [2.24, 2.45) is 0 Å². The van der Waals surface area contributed by atoms with Crippen LogP contribution in [0.5, 0.6) is 5.75 Å². The number of carbonyl (C=O) groups is 1. The van der Waals surface area contributed by atoms with Gasteiger partial charge in [0.25, 0.3) is 9.70 Å². The molecule has 3 fully saturated rings. The number of hydrogen-bond acceptors (Lipinski definition) is 6. The standard InChI is InChI=1S/C19H18Cl3NO6/c1-25-12-4-2-10(3-5-12)15-28-17-8-11(23-16(24)19(20,21)22)9-26-18(17,29-15)7-6-13-14(17)27-13/h2-7,11,13-15H,8-9H2,1H3,(H,23,24)/t11-,13-,14-,15?,17-,18+/m0/s1. The SMILES string of the molecule is COc1ccc(C2O[C@]34C=C[C@@H]5O[C@@H]5[C@]3(C[C@H](NC(=O)C(Cl)(Cl)Cl)CO4)O2)cc1. The van der Waals surface area contributed by atoms with Crippen molar-refractivity contribution in [3.05, 3.63) is 42.0 Å². The van der Waals surface area contributed by atoms with E-state index in [0.717, 1.165) is 11.3 Å². The second-order valence-corrected chi connectivity index (χ2v) is 9.74. The van der Waals surface area contributed by atoms with Crippen molar-refractivity contribution in [3.8, 4) is 5.75 Å². The van der Waals surface area contributed by atoms with Gasteiger partial charge in [0.15, 0.2) is 11.9 Å². The second kappa shape index (κ2) is 6.72. The number of nitrogens with one attached hydrogen (secondary N) is 1. The number of fused-ring (bicyclic) bond motifs is 1. The number of hydrogen-bond donors (Lipinski definition) is 1. The maximum atomic E-state index is 12.1. The van der Waals surface area contributed by atoms with Crippen molar-refractivity contribution < 1.29 is 28.5 Å². The van der Waals surface area contributed by atoms with Crippen LogP contribution in [0, 0.1) is 0 Å². The monoisotopic (exact) mass is 461 g/mol. The second-order valence-electron chi connectivity index (χ2n) is 7.46. The highest BCUT2D eigenvalue weighted by Crippen LogP contribution is 2.60. The fourth-order valence-electron chi connectivity index (χ4n) is 4.29. The number of epoxide rings is 1. The largest absolute Gasteiger partial charge is 0.497 e. The molecule has 156 valence electrons. The third kappa shape index (κ3) is 3.15. The number of ether oxygens (including phenoxy) is 5. The maximum absolute atomic E-state index is 12.1. The molecule has 3 saturated heterocycles. The van der Waals surface area contributed by atoms with Gasteiger partial charge in [-0.1, -0.05) is 53.0 Å². The van der Waals surface area contributed by atoms with E-state index in [9.17, 15) is 4.79 Å². The Balaban J connectivity index is 1.43. The van der Waals surface area contributed by atoms with E-state index < -0.39 is 33.4 Å². The van der Waals surface area contributed by atoms with Crippen LogP contribution in [0.4, 0.5) is 0 Å². The third-order valence-corrected chi connectivity index (χ3v) is 6.22. The van der Waals surface area contributed by atoms with Gasteiger partial charge in [-0.2, -0.15) is 0 Å². The van der Waals surface area contributed by atoms with Gasteiger partial charge in [0.05, 0.1) is 19.8 Å². The average molecular weight is 463 g/mol. The van der Waals surface area contributed by atoms with Gasteiger partial charge in [-0.15, -0.1) is 0 Å². The fraction of sp³-hybridized carbons (Fsp3) is 0.526. The lowest BCUT2D eigenvalue weighted by Crippen LogP contribution is -2.66. The predicted octanol–water partition coefficient (Wildman–Crippen LogP) is 2.79. The predicted molar refractivity (Wildman–Crippen MR) is 104 cm³/mol. The van der Waals surface area contributed by atoms with Crippen LogP contribution >= 0.6 is 34.8 Å². The Kier molecular flexibility index (Phi) is 4.61. The van der Waals surface area contributed by atoms with E-state index in [1.54, 1.807) is 7.11 Å². The molecule has 3 heterocycles. The highest BCUT2D eigenvalue weighted by molar-refractivity contribution is 6.76. The van der Waals surface area contributed by atoms with Crippen LogP contribution in [0.3, 0.4) is 0 Å². The van der Waals surface area contributed by atoms with Gasteiger partial charge in [0.1, 0.15) is 18.0 Å². The average Bonchev–Trinajstić information content (AvgIpc) is 3.41. The van der Waals surface area contributed by atoms with Crippen LogP contribution < -0.4 is 10.1 Å². The van der Waals surface area contributed by atoms with Crippen molar-refractivity contribution in [1.82, 2.24) is 5.32 Å². The molecule has 4 aliphatic rings. The summed E-state index contributed by atoms with van der Waals surface area (Å²) in [5, 5.41) is 2.71. The number of methoxy groups -OCH3 is 1. The molecule has 0 radical (unpaired) electrons. The summed E-state index contributed by atoms with van der Waals surface area (Å²) in [5.41, 5.74) is -0.113. The van der Waals surface area contributed by atoms with Gasteiger partial charge in [-0.25, -0.2) is 0 Å². The summed E-state index contributed by atoms with van der Waals surface area (Å²) in [6, 6.07) is 6.98. The molecule has 0 bridgehead atoms. The quantitative estimate of drug-likeness (QED) is 0.423. The van der Waals surface area contributed by atoms with E-state index in [-0.39, 0.29) is 18.8 Å². The van der Waals surface area contributed by atoms with Gasteiger partial charge >= 0.3 is 0 Å². The molecule has 1 N–H and O–H groups in total. The van der Waals surface area contributed by atoms with Gasteiger partial charge < -0.3 is 29.0 Å². The van der Waals surface area contributed by atoms with E-state index in [1.807, 2.05) is 36.4 Å². The summed E-state index contributed by atoms with van der Waals surface area (Å²) in [5.74, 6) is -1.10. The van der Waals surface area contributed by atoms with Crippen LogP contribution in [0.15, 0.2) is 36.4 Å². The molecule has 3 aliphatic heterocycles. The molecule has 1 aliphatic carbocycles. The minimum Gasteiger partial charge on any atom is -0.497 e. The van der Waals surface area contributed by atoms with Crippen LogP contribution in [-0.4, -0.2) is 53.1 Å². The van der Waals surface area contributed by atoms with E-state index >= 15 is 0 Å². The molecular formula is C19H18Cl3NO6. The molecule has 29 heavy (non-hydrogen) atoms. The molecule has 1 aromatic rings. The van der Waals surface area contributed by atoms with E-state index in [4.69, 9.17) is 58.5 Å². The van der Waals surface area contributed by atoms with E-state index in [2.05, 4.69) is 5.32 Å². The molecule has 5 rings (SSSR count). The topological polar surface area (TPSA) is 78.6 Å². The Morgan fingerprint density at radius 1 is 1.24 bits per heavy atom. The summed E-state index contributed by atoms with van der Waals surface area (Å²) in [4.78, 5) is 12.1. The summed E-state index contributed by atoms with van der Waals surface area (Å²) < 4.78 is 27.8. The van der Waals surface area contributed by atoms with E-state index in [0.29, 0.717) is 6.42 Å². The minimum atomic E-state index is -2.06. The Morgan fingerprint density at radius 2 is 2.00 bits per heavy atom. The zero-order chi connectivity index (χ0) is 20.4. The lowest BCUT2D eigenvalue weighted by Gasteiger charge is -2.47. The summed E-state index contributed by atoms with van der Waals surface area (Å²) in [6.45, 7) is 0.175. The highest BCUT2D eigenvalue weighted by atomic mass is 35.6. The Bertz CT molecular complexity index is 858. The smallest absolute Gasteiger partial charge is 0.272 e. The van der Waals surface area contributed by atoms with Crippen molar-refractivity contribution in [2.75, 3.05) is 13.7 Å². The van der Waals surface area contributed by atoms with Crippen molar-refractivity contribution in [1.29, 1.82) is 0 Å². The number of rotatable bonds is 3. The zero-order valence-electron chi connectivity index (χ0n) is 15.3. The number of carbonyl (C=O) groups excluding carboxylic acids is 1. The minimum absolute atomic E-state index is 0.0763. The number of benzene rings is 1. The first-order valence-electron chi connectivity index (χ1n) is 9.12. The van der Waals surface area contributed by atoms with Crippen molar-refractivity contribution >= 4 is 40.7 Å². The van der Waals surface area contributed by atoms with E-state index in [1.165, 1.54) is 0 Å². The molecule has 1 amide bonds. The van der Waals surface area contributed by atoms with Crippen LogP contribution in [-0.2, 0) is 23.7 Å². The first kappa shape index (κ1) is 19.9. The summed E-state index contributed by atoms with van der Waals surface area (Å²) >= 11 is 17.1. The molecule has 7 nitrogen and oxygen atoms in total. The normalized spacial score (nSPS) is 39.9. The number of halogens is 3. The Hall–Kier alpha value is -1.06. The molecule has 0 saturated carbocycles. The molecule has 6 atom stereocenters. The van der Waals surface area contributed by atoms with Crippen LogP contribution in [0.1, 0.15) is 18.3 Å². The van der Waals surface area contributed by atoms with Gasteiger partial charge in [0, 0.05) is 12.0 Å². The lowest BCUT2D eigenvalue weighted by molar-refractivity contribution is -0.250. The molecule has 1 aromatic carbocycles. The number of alkyl halides is 3. The third-order valence-electron chi connectivity index (χ3n) is 5.71. The highest BCUT2D eigenvalue weighted by Gasteiger charge is 2.75. The zero-order valence-corrected chi connectivity index (χ0v) is 17.5. The van der Waals surface area contributed by atoms with Gasteiger partial charge in [0.2, 0.25) is 5.79 Å². The Morgan fingerprint density at radius 3 is 2.69 bits per heavy atom. The molecular weight excluding hydrogens is 445 g/mol. The molecule has 0 aromatic heterocycles. The van der Waals surface area contributed by atoms with Crippen LogP contribution in [0.2, 0.25) is 0 Å². The fourth-order valence-corrected chi connectivity index (χ4v) is 4.45.